The first kappa shape index (κ1) is 13.1. The zero-order valence-corrected chi connectivity index (χ0v) is 11.8. The highest BCUT2D eigenvalue weighted by atomic mass is 32.1. The maximum absolute atomic E-state index is 5.96. The average Bonchev–Trinajstić information content (AvgIpc) is 2.73. The van der Waals surface area contributed by atoms with Crippen molar-refractivity contribution in [2.75, 3.05) is 0 Å². The van der Waals surface area contributed by atoms with E-state index in [0.29, 0.717) is 6.61 Å². The van der Waals surface area contributed by atoms with E-state index in [1.807, 2.05) is 31.4 Å². The lowest BCUT2D eigenvalue weighted by molar-refractivity contribution is 0.300. The summed E-state index contributed by atoms with van der Waals surface area (Å²) in [6.45, 7) is 6.51. The van der Waals surface area contributed by atoms with Crippen molar-refractivity contribution in [3.8, 4) is 5.75 Å². The van der Waals surface area contributed by atoms with Crippen molar-refractivity contribution in [1.82, 2.24) is 4.98 Å². The molecule has 0 radical (unpaired) electrons. The van der Waals surface area contributed by atoms with Gasteiger partial charge in [-0.15, -0.1) is 11.3 Å². The van der Waals surface area contributed by atoms with Crippen molar-refractivity contribution in [3.63, 3.8) is 0 Å². The molecule has 0 amide bonds. The number of aromatic nitrogens is 1. The fourth-order valence-corrected chi connectivity index (χ4v) is 2.45. The largest absolute Gasteiger partial charge is 0.486 e. The number of thiazole rings is 1. The zero-order valence-electron chi connectivity index (χ0n) is 10.9. The van der Waals surface area contributed by atoms with Crippen LogP contribution in [0.15, 0.2) is 23.6 Å². The summed E-state index contributed by atoms with van der Waals surface area (Å²) in [4.78, 5) is 4.38. The van der Waals surface area contributed by atoms with Crippen molar-refractivity contribution >= 4 is 11.3 Å². The topological polar surface area (TPSA) is 48.1 Å². The quantitative estimate of drug-likeness (QED) is 0.919. The van der Waals surface area contributed by atoms with Crippen molar-refractivity contribution in [2.45, 2.75) is 33.4 Å². The third-order valence-electron chi connectivity index (χ3n) is 2.67. The van der Waals surface area contributed by atoms with E-state index < -0.39 is 0 Å². The van der Waals surface area contributed by atoms with Crippen LogP contribution in [0.2, 0.25) is 0 Å². The summed E-state index contributed by atoms with van der Waals surface area (Å²) >= 11 is 1.62. The van der Waals surface area contributed by atoms with Crippen molar-refractivity contribution < 1.29 is 4.74 Å². The second-order valence-electron chi connectivity index (χ2n) is 4.50. The van der Waals surface area contributed by atoms with Gasteiger partial charge in [0.15, 0.2) is 0 Å². The number of ether oxygens (including phenoxy) is 1. The van der Waals surface area contributed by atoms with Crippen LogP contribution < -0.4 is 10.5 Å². The molecule has 3 nitrogen and oxygen atoms in total. The summed E-state index contributed by atoms with van der Waals surface area (Å²) in [7, 11) is 0. The van der Waals surface area contributed by atoms with E-state index in [0.717, 1.165) is 22.0 Å². The zero-order chi connectivity index (χ0) is 13.1. The Morgan fingerprint density at radius 3 is 2.78 bits per heavy atom. The third kappa shape index (κ3) is 3.09. The predicted molar refractivity (Wildman–Crippen MR) is 75.0 cm³/mol. The second-order valence-corrected chi connectivity index (χ2v) is 5.44. The van der Waals surface area contributed by atoms with Gasteiger partial charge in [-0.3, -0.25) is 0 Å². The lowest BCUT2D eigenvalue weighted by atomic mass is 10.1. The number of hydrogen-bond acceptors (Lipinski definition) is 4. The van der Waals surface area contributed by atoms with Gasteiger partial charge in [0, 0.05) is 22.7 Å². The van der Waals surface area contributed by atoms with E-state index in [4.69, 9.17) is 10.5 Å². The highest BCUT2D eigenvalue weighted by Crippen LogP contribution is 2.26. The van der Waals surface area contributed by atoms with Crippen LogP contribution in [0.4, 0.5) is 0 Å². The summed E-state index contributed by atoms with van der Waals surface area (Å²) in [6, 6.07) is 6.06. The van der Waals surface area contributed by atoms with Crippen LogP contribution in [0.1, 0.15) is 34.8 Å². The van der Waals surface area contributed by atoms with Gasteiger partial charge in [-0.1, -0.05) is 17.7 Å². The SMILES string of the molecule is Cc1ccc(OCc2nc(C)cs2)c([C@H](C)N)c1. The first-order valence-electron chi connectivity index (χ1n) is 5.96. The maximum atomic E-state index is 5.96. The van der Waals surface area contributed by atoms with Gasteiger partial charge in [-0.05, 0) is 26.8 Å². The molecule has 0 saturated carbocycles. The molecule has 1 aromatic heterocycles. The van der Waals surface area contributed by atoms with Crippen molar-refractivity contribution in [3.05, 3.63) is 45.4 Å². The minimum atomic E-state index is -0.0297. The molecule has 0 fully saturated rings. The Morgan fingerprint density at radius 2 is 2.17 bits per heavy atom. The number of nitrogens with two attached hydrogens (primary N) is 1. The van der Waals surface area contributed by atoms with E-state index in [2.05, 4.69) is 18.0 Å². The fourth-order valence-electron chi connectivity index (χ4n) is 1.76. The Labute approximate surface area is 112 Å². The summed E-state index contributed by atoms with van der Waals surface area (Å²) in [6.07, 6.45) is 0. The second kappa shape index (κ2) is 5.50. The Bertz CT molecular complexity index is 534. The molecular formula is C14H18N2OS. The minimum absolute atomic E-state index is 0.0297. The smallest absolute Gasteiger partial charge is 0.140 e. The third-order valence-corrected chi connectivity index (χ3v) is 3.61. The van der Waals surface area contributed by atoms with Crippen LogP contribution in [0.3, 0.4) is 0 Å². The van der Waals surface area contributed by atoms with Crippen LogP contribution in [-0.4, -0.2) is 4.98 Å². The van der Waals surface area contributed by atoms with Gasteiger partial charge in [-0.2, -0.15) is 0 Å². The van der Waals surface area contributed by atoms with Crippen LogP contribution in [0, 0.1) is 13.8 Å². The molecule has 2 aromatic rings. The number of hydrogen-bond donors (Lipinski definition) is 1. The molecule has 0 saturated heterocycles. The molecule has 1 aromatic carbocycles. The number of rotatable bonds is 4. The van der Waals surface area contributed by atoms with Gasteiger partial charge in [0.1, 0.15) is 17.4 Å². The highest BCUT2D eigenvalue weighted by molar-refractivity contribution is 7.09. The summed E-state index contributed by atoms with van der Waals surface area (Å²) in [5.74, 6) is 0.850. The molecule has 1 atom stereocenters. The highest BCUT2D eigenvalue weighted by Gasteiger charge is 2.09. The Hall–Kier alpha value is -1.39. The number of benzene rings is 1. The fraction of sp³-hybridized carbons (Fsp3) is 0.357. The van der Waals surface area contributed by atoms with Gasteiger partial charge >= 0.3 is 0 Å². The minimum Gasteiger partial charge on any atom is -0.486 e. The van der Waals surface area contributed by atoms with Crippen molar-refractivity contribution in [1.29, 1.82) is 0 Å². The van der Waals surface area contributed by atoms with E-state index in [1.54, 1.807) is 11.3 Å². The summed E-state index contributed by atoms with van der Waals surface area (Å²) in [5.41, 5.74) is 9.24. The molecule has 96 valence electrons. The molecule has 0 spiro atoms. The van der Waals surface area contributed by atoms with Crippen LogP contribution >= 0.6 is 11.3 Å². The van der Waals surface area contributed by atoms with Crippen LogP contribution in [0.25, 0.3) is 0 Å². The average molecular weight is 262 g/mol. The van der Waals surface area contributed by atoms with E-state index in [-0.39, 0.29) is 6.04 Å². The molecule has 0 aliphatic rings. The van der Waals surface area contributed by atoms with Gasteiger partial charge < -0.3 is 10.5 Å². The van der Waals surface area contributed by atoms with E-state index >= 15 is 0 Å². The molecule has 0 bridgehead atoms. The first-order chi connectivity index (χ1) is 8.56. The Balaban J connectivity index is 2.13. The standard InChI is InChI=1S/C14H18N2OS/c1-9-4-5-13(12(6-9)11(3)15)17-7-14-16-10(2)8-18-14/h4-6,8,11H,7,15H2,1-3H3/t11-/m0/s1. The summed E-state index contributed by atoms with van der Waals surface area (Å²) in [5, 5.41) is 3.02. The number of aryl methyl sites for hydroxylation is 2. The molecular weight excluding hydrogens is 244 g/mol. The molecule has 0 aliphatic heterocycles. The van der Waals surface area contributed by atoms with Gasteiger partial charge in [-0.25, -0.2) is 4.98 Å². The molecule has 0 aliphatic carbocycles. The molecule has 2 rings (SSSR count). The van der Waals surface area contributed by atoms with Gasteiger partial charge in [0.2, 0.25) is 0 Å². The molecule has 1 heterocycles. The molecule has 18 heavy (non-hydrogen) atoms. The van der Waals surface area contributed by atoms with Gasteiger partial charge in [0.25, 0.3) is 0 Å². The molecule has 2 N–H and O–H groups in total. The Kier molecular flexibility index (Phi) is 3.99. The van der Waals surface area contributed by atoms with Crippen molar-refractivity contribution in [2.24, 2.45) is 5.73 Å². The first-order valence-corrected chi connectivity index (χ1v) is 6.84. The Morgan fingerprint density at radius 1 is 1.39 bits per heavy atom. The summed E-state index contributed by atoms with van der Waals surface area (Å²) < 4.78 is 5.82. The normalized spacial score (nSPS) is 12.4. The predicted octanol–water partition coefficient (Wildman–Crippen LogP) is 3.36. The van der Waals surface area contributed by atoms with Crippen LogP contribution in [-0.2, 0) is 6.61 Å². The maximum Gasteiger partial charge on any atom is 0.140 e. The lowest BCUT2D eigenvalue weighted by Crippen LogP contribution is -2.08. The van der Waals surface area contributed by atoms with Crippen LogP contribution in [0.5, 0.6) is 5.75 Å². The van der Waals surface area contributed by atoms with E-state index in [9.17, 15) is 0 Å². The molecule has 4 heteroatoms. The lowest BCUT2D eigenvalue weighted by Gasteiger charge is -2.14. The van der Waals surface area contributed by atoms with Gasteiger partial charge in [0.05, 0.1) is 0 Å². The number of nitrogens with zero attached hydrogens (tertiary/aromatic N) is 1. The molecule has 0 unspecified atom stereocenters. The van der Waals surface area contributed by atoms with E-state index in [1.165, 1.54) is 5.56 Å². The monoisotopic (exact) mass is 262 g/mol.